The first-order chi connectivity index (χ1) is 11.1. The van der Waals surface area contributed by atoms with Crippen molar-refractivity contribution in [3.63, 3.8) is 0 Å². The van der Waals surface area contributed by atoms with E-state index in [1.165, 1.54) is 5.01 Å². The van der Waals surface area contributed by atoms with Gasteiger partial charge in [-0.05, 0) is 48.5 Å². The fourth-order valence-electron chi connectivity index (χ4n) is 1.81. The third-order valence-electron chi connectivity index (χ3n) is 2.92. The summed E-state index contributed by atoms with van der Waals surface area (Å²) in [6, 6.07) is 14.9. The van der Waals surface area contributed by atoms with Gasteiger partial charge in [0.05, 0.1) is 12.8 Å². The minimum atomic E-state index is -0.953. The Kier molecular flexibility index (Phi) is 5.51. The number of rotatable bonds is 7. The molecule has 0 spiro atoms. The van der Waals surface area contributed by atoms with Crippen LogP contribution in [0.15, 0.2) is 58.9 Å². The zero-order valence-corrected chi connectivity index (χ0v) is 12.9. The van der Waals surface area contributed by atoms with Crippen molar-refractivity contribution in [2.24, 2.45) is 10.3 Å². The van der Waals surface area contributed by atoms with Gasteiger partial charge < -0.3 is 15.2 Å². The Morgan fingerprint density at radius 1 is 1.13 bits per heavy atom. The van der Waals surface area contributed by atoms with Crippen LogP contribution in [0.25, 0.3) is 0 Å². The second kappa shape index (κ2) is 7.79. The number of aliphatic carboxylic acids is 1. The van der Waals surface area contributed by atoms with Gasteiger partial charge in [-0.1, -0.05) is 5.22 Å². The van der Waals surface area contributed by atoms with Crippen molar-refractivity contribution in [3.8, 4) is 5.75 Å². The molecule has 0 saturated carbocycles. The predicted octanol–water partition coefficient (Wildman–Crippen LogP) is 3.45. The zero-order chi connectivity index (χ0) is 16.7. The summed E-state index contributed by atoms with van der Waals surface area (Å²) in [7, 11) is 3.18. The number of carboxylic acids is 1. The normalized spacial score (nSPS) is 10.5. The summed E-state index contributed by atoms with van der Waals surface area (Å²) in [5, 5.41) is 20.9. The van der Waals surface area contributed by atoms with E-state index in [4.69, 9.17) is 9.84 Å². The number of carboxylic acid groups (broad SMARTS) is 1. The highest BCUT2D eigenvalue weighted by Gasteiger charge is 2.01. The first-order valence-electron chi connectivity index (χ1n) is 6.92. The number of anilines is 2. The summed E-state index contributed by atoms with van der Waals surface area (Å²) in [6.45, 7) is -0.194. The number of carbonyl (C=O) groups is 1. The molecule has 0 aromatic heterocycles. The Morgan fingerprint density at radius 3 is 2.22 bits per heavy atom. The van der Waals surface area contributed by atoms with E-state index in [0.29, 0.717) is 5.69 Å². The summed E-state index contributed by atoms with van der Waals surface area (Å²) in [5.41, 5.74) is 2.50. The quantitative estimate of drug-likeness (QED) is 0.604. The molecule has 0 fully saturated rings. The van der Waals surface area contributed by atoms with Crippen LogP contribution in [0.4, 0.5) is 17.1 Å². The van der Waals surface area contributed by atoms with Gasteiger partial charge in [-0.15, -0.1) is 5.11 Å². The van der Waals surface area contributed by atoms with Crippen LogP contribution >= 0.6 is 0 Å². The molecule has 7 nitrogen and oxygen atoms in total. The Hall–Kier alpha value is -3.09. The van der Waals surface area contributed by atoms with Gasteiger partial charge in [0.15, 0.2) is 0 Å². The van der Waals surface area contributed by atoms with Crippen molar-refractivity contribution in [3.05, 3.63) is 48.5 Å². The Bertz CT molecular complexity index is 669. The molecular formula is C16H18N4O3. The Morgan fingerprint density at radius 2 is 1.70 bits per heavy atom. The average molecular weight is 314 g/mol. The van der Waals surface area contributed by atoms with E-state index in [-0.39, 0.29) is 6.54 Å². The maximum Gasteiger partial charge on any atom is 0.324 e. The first-order valence-corrected chi connectivity index (χ1v) is 6.92. The van der Waals surface area contributed by atoms with Crippen molar-refractivity contribution < 1.29 is 14.6 Å². The number of ether oxygens (including phenoxy) is 1. The molecule has 0 amide bonds. The van der Waals surface area contributed by atoms with Crippen molar-refractivity contribution in [1.29, 1.82) is 0 Å². The molecule has 0 unspecified atom stereocenters. The third-order valence-corrected chi connectivity index (χ3v) is 2.92. The lowest BCUT2D eigenvalue weighted by molar-refractivity contribution is -0.138. The van der Waals surface area contributed by atoms with E-state index < -0.39 is 5.97 Å². The fraction of sp³-hybridized carbons (Fsp3) is 0.188. The van der Waals surface area contributed by atoms with E-state index in [1.54, 1.807) is 26.3 Å². The molecule has 120 valence electrons. The minimum absolute atomic E-state index is 0.194. The Labute approximate surface area is 134 Å². The van der Waals surface area contributed by atoms with Gasteiger partial charge in [0.25, 0.3) is 0 Å². The number of likely N-dealkylation sites (N-methyl/N-ethyl adjacent to an activating group) is 1. The van der Waals surface area contributed by atoms with Crippen LogP contribution in [0.1, 0.15) is 0 Å². The molecule has 0 saturated heterocycles. The lowest BCUT2D eigenvalue weighted by Gasteiger charge is -2.08. The van der Waals surface area contributed by atoms with Crippen LogP contribution in [0, 0.1) is 0 Å². The van der Waals surface area contributed by atoms with Crippen molar-refractivity contribution in [2.45, 2.75) is 0 Å². The average Bonchev–Trinajstić information content (AvgIpc) is 2.54. The molecule has 0 aliphatic heterocycles. The second-order valence-electron chi connectivity index (χ2n) is 4.80. The maximum atomic E-state index is 10.5. The number of methoxy groups -OCH3 is 1. The topological polar surface area (TPSA) is 86.5 Å². The first kappa shape index (κ1) is 16.3. The Balaban J connectivity index is 1.95. The highest BCUT2D eigenvalue weighted by molar-refractivity contribution is 5.68. The summed E-state index contributed by atoms with van der Waals surface area (Å²) in [5.74, 6) is -0.151. The second-order valence-corrected chi connectivity index (χ2v) is 4.80. The van der Waals surface area contributed by atoms with Crippen LogP contribution < -0.4 is 10.1 Å². The van der Waals surface area contributed by atoms with Crippen LogP contribution in [0.5, 0.6) is 5.75 Å². The lowest BCUT2D eigenvalue weighted by atomic mass is 10.2. The van der Waals surface area contributed by atoms with E-state index in [1.807, 2.05) is 36.4 Å². The highest BCUT2D eigenvalue weighted by Crippen LogP contribution is 2.22. The summed E-state index contributed by atoms with van der Waals surface area (Å²) in [6.07, 6.45) is 0. The number of hydrogen-bond acceptors (Lipinski definition) is 5. The van der Waals surface area contributed by atoms with Gasteiger partial charge >= 0.3 is 5.97 Å². The van der Waals surface area contributed by atoms with E-state index in [9.17, 15) is 4.79 Å². The van der Waals surface area contributed by atoms with Gasteiger partial charge in [0.2, 0.25) is 0 Å². The van der Waals surface area contributed by atoms with E-state index >= 15 is 0 Å². The molecule has 7 heteroatoms. The van der Waals surface area contributed by atoms with Gasteiger partial charge in [0.1, 0.15) is 12.3 Å². The van der Waals surface area contributed by atoms with Crippen molar-refractivity contribution >= 4 is 23.0 Å². The zero-order valence-electron chi connectivity index (χ0n) is 12.9. The molecule has 0 atom stereocenters. The number of nitrogens with one attached hydrogen (secondary N) is 1. The predicted molar refractivity (Wildman–Crippen MR) is 87.5 cm³/mol. The van der Waals surface area contributed by atoms with Crippen LogP contribution in [0.3, 0.4) is 0 Å². The monoisotopic (exact) mass is 314 g/mol. The van der Waals surface area contributed by atoms with Crippen LogP contribution in [-0.2, 0) is 4.79 Å². The molecular weight excluding hydrogens is 296 g/mol. The molecule has 0 aliphatic rings. The van der Waals surface area contributed by atoms with Gasteiger partial charge in [-0.2, -0.15) is 0 Å². The fourth-order valence-corrected chi connectivity index (χ4v) is 1.81. The largest absolute Gasteiger partial charge is 0.497 e. The van der Waals surface area contributed by atoms with Gasteiger partial charge in [-0.25, -0.2) is 0 Å². The van der Waals surface area contributed by atoms with Gasteiger partial charge in [0, 0.05) is 18.4 Å². The molecule has 0 aliphatic carbocycles. The standard InChI is InChI=1S/C16H18N4O3/c1-20(11-16(21)22)19-18-14-5-3-12(4-6-14)17-13-7-9-15(23-2)10-8-13/h3-10,17H,11H2,1-2H3,(H,21,22)/b19-18+. The lowest BCUT2D eigenvalue weighted by Crippen LogP contribution is -2.19. The van der Waals surface area contributed by atoms with Crippen LogP contribution in [-0.4, -0.2) is 36.8 Å². The van der Waals surface area contributed by atoms with E-state index in [2.05, 4.69) is 15.7 Å². The summed E-state index contributed by atoms with van der Waals surface area (Å²) in [4.78, 5) is 10.5. The molecule has 2 aromatic carbocycles. The van der Waals surface area contributed by atoms with Gasteiger partial charge in [-0.3, -0.25) is 9.80 Å². The smallest absolute Gasteiger partial charge is 0.324 e. The molecule has 23 heavy (non-hydrogen) atoms. The molecule has 0 bridgehead atoms. The van der Waals surface area contributed by atoms with Crippen LogP contribution in [0.2, 0.25) is 0 Å². The summed E-state index contributed by atoms with van der Waals surface area (Å²) >= 11 is 0. The molecule has 0 heterocycles. The SMILES string of the molecule is COc1ccc(Nc2ccc(/N=N/N(C)CC(=O)O)cc2)cc1. The summed E-state index contributed by atoms with van der Waals surface area (Å²) < 4.78 is 5.11. The van der Waals surface area contributed by atoms with Crippen molar-refractivity contribution in [1.82, 2.24) is 5.01 Å². The van der Waals surface area contributed by atoms with Crippen molar-refractivity contribution in [2.75, 3.05) is 26.0 Å². The molecule has 2 N–H and O–H groups in total. The molecule has 2 rings (SSSR count). The number of benzene rings is 2. The number of hydrogen-bond donors (Lipinski definition) is 2. The maximum absolute atomic E-state index is 10.5. The van der Waals surface area contributed by atoms with E-state index in [0.717, 1.165) is 17.1 Å². The third kappa shape index (κ3) is 5.31. The molecule has 2 aromatic rings. The minimum Gasteiger partial charge on any atom is -0.497 e. The highest BCUT2D eigenvalue weighted by atomic mass is 16.5. The molecule has 0 radical (unpaired) electrons. The number of nitrogens with zero attached hydrogens (tertiary/aromatic N) is 3.